The minimum atomic E-state index is -0.496. The Morgan fingerprint density at radius 1 is 1.85 bits per heavy atom. The molecular weight excluding hydrogens is 168 g/mol. The van der Waals surface area contributed by atoms with E-state index < -0.39 is 6.04 Å². The number of nitriles is 1. The third kappa shape index (κ3) is 2.30. The third-order valence-corrected chi connectivity index (χ3v) is 1.48. The van der Waals surface area contributed by atoms with Gasteiger partial charge in [0.05, 0.1) is 6.07 Å². The number of aromatic amines is 1. The second-order valence-corrected chi connectivity index (χ2v) is 2.76. The fourth-order valence-electron chi connectivity index (χ4n) is 0.837. The van der Waals surface area contributed by atoms with E-state index in [0.29, 0.717) is 5.69 Å². The summed E-state index contributed by atoms with van der Waals surface area (Å²) in [6.07, 6.45) is 0. The number of amides is 1. The molecule has 0 radical (unpaired) electrons. The highest BCUT2D eigenvalue weighted by molar-refractivity contribution is 5.92. The van der Waals surface area contributed by atoms with E-state index in [0.717, 1.165) is 5.69 Å². The number of nitrogens with zero attached hydrogens (tertiary/aromatic N) is 2. The molecule has 0 unspecified atom stereocenters. The van der Waals surface area contributed by atoms with Crippen molar-refractivity contribution >= 4 is 5.91 Å². The number of hydrogen-bond donors (Lipinski definition) is 2. The van der Waals surface area contributed by atoms with Crippen LogP contribution in [-0.4, -0.2) is 22.1 Å². The monoisotopic (exact) mass is 178 g/mol. The predicted octanol–water partition coefficient (Wildman–Crippen LogP) is 0.360. The van der Waals surface area contributed by atoms with Crippen molar-refractivity contribution in [3.8, 4) is 6.07 Å². The van der Waals surface area contributed by atoms with E-state index in [-0.39, 0.29) is 5.91 Å². The molecule has 1 rings (SSSR count). The van der Waals surface area contributed by atoms with E-state index in [2.05, 4.69) is 15.5 Å². The maximum atomic E-state index is 11.3. The smallest absolute Gasteiger partial charge is 0.272 e. The Hall–Kier alpha value is -1.83. The first-order valence-corrected chi connectivity index (χ1v) is 3.86. The van der Waals surface area contributed by atoms with Gasteiger partial charge in [0, 0.05) is 5.69 Å². The summed E-state index contributed by atoms with van der Waals surface area (Å²) in [7, 11) is 0. The van der Waals surface area contributed by atoms with Crippen molar-refractivity contribution in [3.05, 3.63) is 17.5 Å². The van der Waals surface area contributed by atoms with E-state index >= 15 is 0 Å². The predicted molar refractivity (Wildman–Crippen MR) is 45.9 cm³/mol. The molecule has 0 aliphatic rings. The van der Waals surface area contributed by atoms with Gasteiger partial charge in [-0.05, 0) is 19.9 Å². The summed E-state index contributed by atoms with van der Waals surface area (Å²) in [4.78, 5) is 11.3. The lowest BCUT2D eigenvalue weighted by Crippen LogP contribution is -2.31. The van der Waals surface area contributed by atoms with Crippen molar-refractivity contribution in [2.75, 3.05) is 0 Å². The number of carbonyl (C=O) groups excluding carboxylic acids is 1. The highest BCUT2D eigenvalue weighted by atomic mass is 16.2. The van der Waals surface area contributed by atoms with Gasteiger partial charge >= 0.3 is 0 Å². The highest BCUT2D eigenvalue weighted by Gasteiger charge is 2.11. The molecule has 5 heteroatoms. The lowest BCUT2D eigenvalue weighted by molar-refractivity contribution is 0.0943. The van der Waals surface area contributed by atoms with Crippen LogP contribution in [0.4, 0.5) is 0 Å². The summed E-state index contributed by atoms with van der Waals surface area (Å²) in [5.41, 5.74) is 1.12. The van der Waals surface area contributed by atoms with Crippen LogP contribution in [0.5, 0.6) is 0 Å². The topological polar surface area (TPSA) is 81.6 Å². The average Bonchev–Trinajstić information content (AvgIpc) is 2.51. The molecular formula is C8H10N4O. The summed E-state index contributed by atoms with van der Waals surface area (Å²) in [6, 6.07) is 3.03. The number of H-pyrrole nitrogens is 1. The summed E-state index contributed by atoms with van der Waals surface area (Å²) < 4.78 is 0. The molecule has 0 spiro atoms. The van der Waals surface area contributed by atoms with E-state index in [9.17, 15) is 4.79 Å². The Kier molecular flexibility index (Phi) is 2.65. The van der Waals surface area contributed by atoms with Gasteiger partial charge in [-0.25, -0.2) is 0 Å². The first-order chi connectivity index (χ1) is 6.13. The van der Waals surface area contributed by atoms with Crippen LogP contribution in [0.25, 0.3) is 0 Å². The molecule has 1 heterocycles. The zero-order valence-electron chi connectivity index (χ0n) is 7.46. The average molecular weight is 178 g/mol. The standard InChI is InChI=1S/C8H10N4O/c1-5-3-7(12-11-5)8(13)10-6(2)4-9/h3,6H,1-2H3,(H,10,13)(H,11,12)/t6-/m0/s1. The molecule has 0 saturated carbocycles. The molecule has 1 atom stereocenters. The van der Waals surface area contributed by atoms with Crippen LogP contribution in [0.1, 0.15) is 23.1 Å². The van der Waals surface area contributed by atoms with Gasteiger partial charge in [-0.2, -0.15) is 10.4 Å². The molecule has 0 saturated heterocycles. The molecule has 0 aromatic carbocycles. The van der Waals surface area contributed by atoms with Gasteiger partial charge in [-0.15, -0.1) is 0 Å². The van der Waals surface area contributed by atoms with Crippen LogP contribution < -0.4 is 5.32 Å². The van der Waals surface area contributed by atoms with Crippen LogP contribution >= 0.6 is 0 Å². The molecule has 5 nitrogen and oxygen atoms in total. The zero-order chi connectivity index (χ0) is 9.84. The Morgan fingerprint density at radius 2 is 2.54 bits per heavy atom. The Labute approximate surface area is 75.8 Å². The largest absolute Gasteiger partial charge is 0.335 e. The van der Waals surface area contributed by atoms with Crippen LogP contribution in [-0.2, 0) is 0 Å². The Morgan fingerprint density at radius 3 is 3.00 bits per heavy atom. The fraction of sp³-hybridized carbons (Fsp3) is 0.375. The third-order valence-electron chi connectivity index (χ3n) is 1.48. The molecule has 0 aliphatic heterocycles. The van der Waals surface area contributed by atoms with E-state index in [1.54, 1.807) is 19.9 Å². The molecule has 0 fully saturated rings. The maximum Gasteiger partial charge on any atom is 0.272 e. The Bertz CT molecular complexity index is 349. The minimum Gasteiger partial charge on any atom is -0.335 e. The molecule has 68 valence electrons. The van der Waals surface area contributed by atoms with Gasteiger partial charge in [-0.1, -0.05) is 0 Å². The van der Waals surface area contributed by atoms with Crippen molar-refractivity contribution in [2.24, 2.45) is 0 Å². The van der Waals surface area contributed by atoms with E-state index in [4.69, 9.17) is 5.26 Å². The summed E-state index contributed by atoms with van der Waals surface area (Å²) in [5.74, 6) is -0.335. The van der Waals surface area contributed by atoms with E-state index in [1.807, 2.05) is 6.07 Å². The number of aromatic nitrogens is 2. The summed E-state index contributed by atoms with van der Waals surface area (Å²) >= 11 is 0. The fourth-order valence-corrected chi connectivity index (χ4v) is 0.837. The number of hydrogen-bond acceptors (Lipinski definition) is 3. The van der Waals surface area contributed by atoms with Gasteiger partial charge < -0.3 is 5.32 Å². The maximum absolute atomic E-state index is 11.3. The first kappa shape index (κ1) is 9.26. The van der Waals surface area contributed by atoms with Crippen LogP contribution in [0.2, 0.25) is 0 Å². The van der Waals surface area contributed by atoms with Gasteiger partial charge in [-0.3, -0.25) is 9.89 Å². The number of aryl methyl sites for hydroxylation is 1. The molecule has 13 heavy (non-hydrogen) atoms. The zero-order valence-corrected chi connectivity index (χ0v) is 7.46. The van der Waals surface area contributed by atoms with Crippen molar-refractivity contribution < 1.29 is 4.79 Å². The number of nitrogens with one attached hydrogen (secondary N) is 2. The van der Waals surface area contributed by atoms with Crippen LogP contribution in [0, 0.1) is 18.3 Å². The van der Waals surface area contributed by atoms with Crippen LogP contribution in [0.3, 0.4) is 0 Å². The van der Waals surface area contributed by atoms with Gasteiger partial charge in [0.2, 0.25) is 0 Å². The second kappa shape index (κ2) is 3.72. The van der Waals surface area contributed by atoms with Crippen molar-refractivity contribution in [1.82, 2.24) is 15.5 Å². The minimum absolute atomic E-state index is 0.305. The van der Waals surface area contributed by atoms with E-state index in [1.165, 1.54) is 0 Å². The second-order valence-electron chi connectivity index (χ2n) is 2.76. The van der Waals surface area contributed by atoms with Crippen molar-refractivity contribution in [2.45, 2.75) is 19.9 Å². The molecule has 1 aromatic heterocycles. The van der Waals surface area contributed by atoms with Crippen molar-refractivity contribution in [3.63, 3.8) is 0 Å². The lowest BCUT2D eigenvalue weighted by Gasteiger charge is -2.02. The van der Waals surface area contributed by atoms with Gasteiger partial charge in [0.25, 0.3) is 5.91 Å². The number of carbonyl (C=O) groups is 1. The Balaban J connectivity index is 2.65. The molecule has 1 amide bonds. The normalized spacial score (nSPS) is 11.8. The molecule has 0 aliphatic carbocycles. The lowest BCUT2D eigenvalue weighted by atomic mass is 10.3. The highest BCUT2D eigenvalue weighted by Crippen LogP contribution is 1.97. The molecule has 0 bridgehead atoms. The van der Waals surface area contributed by atoms with Crippen molar-refractivity contribution in [1.29, 1.82) is 5.26 Å². The van der Waals surface area contributed by atoms with Gasteiger partial charge in [0.1, 0.15) is 11.7 Å². The number of rotatable bonds is 2. The van der Waals surface area contributed by atoms with Crippen LogP contribution in [0.15, 0.2) is 6.07 Å². The summed E-state index contributed by atoms with van der Waals surface area (Å²) in [5, 5.41) is 17.3. The van der Waals surface area contributed by atoms with Gasteiger partial charge in [0.15, 0.2) is 0 Å². The summed E-state index contributed by atoms with van der Waals surface area (Å²) in [6.45, 7) is 3.41. The quantitative estimate of drug-likeness (QED) is 0.686. The SMILES string of the molecule is Cc1cc(C(=O)N[C@@H](C)C#N)n[nH]1. The molecule has 2 N–H and O–H groups in total. The molecule has 1 aromatic rings. The first-order valence-electron chi connectivity index (χ1n) is 3.86.